The molecule has 21 heavy (non-hydrogen) atoms. The van der Waals surface area contributed by atoms with Crippen LogP contribution in [0.2, 0.25) is 0 Å². The average molecular weight is 302 g/mol. The highest BCUT2D eigenvalue weighted by Gasteiger charge is 2.20. The standard InChI is InChI=1S/C13H16F2N2O4/c1-7(16)2-12(18)17-5-8-3-10-11(20-6-19-10)4-9(8)21-13(14)15/h3-4,7,13H,2,5-6,16H2,1H3,(H,17,18)/t7-/m1/s1. The number of hydrogen-bond acceptors (Lipinski definition) is 5. The molecule has 1 heterocycles. The molecular weight excluding hydrogens is 286 g/mol. The van der Waals surface area contributed by atoms with Crippen molar-refractivity contribution in [3.05, 3.63) is 17.7 Å². The largest absolute Gasteiger partial charge is 0.454 e. The lowest BCUT2D eigenvalue weighted by Crippen LogP contribution is -2.29. The molecule has 0 saturated carbocycles. The lowest BCUT2D eigenvalue weighted by Gasteiger charge is -2.13. The summed E-state index contributed by atoms with van der Waals surface area (Å²) in [6.45, 7) is -1.22. The molecule has 0 aromatic heterocycles. The van der Waals surface area contributed by atoms with Gasteiger partial charge in [-0.25, -0.2) is 0 Å². The zero-order chi connectivity index (χ0) is 15.4. The molecule has 0 spiro atoms. The first kappa shape index (κ1) is 15.3. The number of hydrogen-bond donors (Lipinski definition) is 2. The number of rotatable bonds is 6. The summed E-state index contributed by atoms with van der Waals surface area (Å²) in [5.41, 5.74) is 5.88. The van der Waals surface area contributed by atoms with Crippen molar-refractivity contribution in [3.8, 4) is 17.2 Å². The number of alkyl halides is 2. The Morgan fingerprint density at radius 3 is 2.71 bits per heavy atom. The Morgan fingerprint density at radius 2 is 2.10 bits per heavy atom. The van der Waals surface area contributed by atoms with Gasteiger partial charge >= 0.3 is 6.61 Å². The second-order valence-electron chi connectivity index (χ2n) is 4.65. The van der Waals surface area contributed by atoms with Crippen LogP contribution in [0, 0.1) is 0 Å². The van der Waals surface area contributed by atoms with Crippen LogP contribution in [0.5, 0.6) is 17.2 Å². The number of carbonyl (C=O) groups is 1. The summed E-state index contributed by atoms with van der Waals surface area (Å²) in [5.74, 6) is 0.422. The third-order valence-corrected chi connectivity index (χ3v) is 2.76. The minimum Gasteiger partial charge on any atom is -0.454 e. The zero-order valence-electron chi connectivity index (χ0n) is 11.4. The highest BCUT2D eigenvalue weighted by molar-refractivity contribution is 5.76. The molecule has 3 N–H and O–H groups in total. The van der Waals surface area contributed by atoms with Crippen LogP contribution in [0.1, 0.15) is 18.9 Å². The van der Waals surface area contributed by atoms with Gasteiger partial charge in [-0.1, -0.05) is 0 Å². The van der Waals surface area contributed by atoms with E-state index in [2.05, 4.69) is 10.1 Å². The molecule has 0 radical (unpaired) electrons. The molecule has 1 aliphatic rings. The molecule has 0 fully saturated rings. The molecule has 1 aromatic rings. The van der Waals surface area contributed by atoms with Gasteiger partial charge in [0, 0.05) is 30.6 Å². The summed E-state index contributed by atoms with van der Waals surface area (Å²) in [6.07, 6.45) is 0.148. The highest BCUT2D eigenvalue weighted by Crippen LogP contribution is 2.38. The zero-order valence-corrected chi connectivity index (χ0v) is 11.4. The lowest BCUT2D eigenvalue weighted by molar-refractivity contribution is -0.121. The summed E-state index contributed by atoms with van der Waals surface area (Å²) in [5, 5.41) is 2.59. The molecule has 1 aromatic carbocycles. The number of nitrogens with two attached hydrogens (primary N) is 1. The number of nitrogens with one attached hydrogen (secondary N) is 1. The van der Waals surface area contributed by atoms with E-state index in [0.717, 1.165) is 0 Å². The molecule has 2 rings (SSSR count). The van der Waals surface area contributed by atoms with Crippen molar-refractivity contribution in [3.63, 3.8) is 0 Å². The summed E-state index contributed by atoms with van der Waals surface area (Å²) < 4.78 is 39.6. The Kier molecular flexibility index (Phi) is 4.79. The van der Waals surface area contributed by atoms with Crippen molar-refractivity contribution in [2.24, 2.45) is 5.73 Å². The minimum atomic E-state index is -2.97. The topological polar surface area (TPSA) is 82.8 Å². The van der Waals surface area contributed by atoms with Gasteiger partial charge in [0.05, 0.1) is 0 Å². The Hall–Kier alpha value is -2.09. The van der Waals surface area contributed by atoms with E-state index < -0.39 is 6.61 Å². The van der Waals surface area contributed by atoms with Crippen LogP contribution in [0.3, 0.4) is 0 Å². The molecule has 0 bridgehead atoms. The van der Waals surface area contributed by atoms with E-state index in [9.17, 15) is 13.6 Å². The van der Waals surface area contributed by atoms with Gasteiger partial charge in [0.1, 0.15) is 5.75 Å². The van der Waals surface area contributed by atoms with Gasteiger partial charge in [0.25, 0.3) is 0 Å². The Morgan fingerprint density at radius 1 is 1.43 bits per heavy atom. The van der Waals surface area contributed by atoms with Crippen molar-refractivity contribution >= 4 is 5.91 Å². The van der Waals surface area contributed by atoms with Crippen molar-refractivity contribution in [2.45, 2.75) is 32.5 Å². The Labute approximate surface area is 120 Å². The maximum atomic E-state index is 12.4. The average Bonchev–Trinajstić information content (AvgIpc) is 2.81. The first-order valence-electron chi connectivity index (χ1n) is 6.35. The van der Waals surface area contributed by atoms with Crippen molar-refractivity contribution in [1.29, 1.82) is 0 Å². The van der Waals surface area contributed by atoms with Gasteiger partial charge in [0.15, 0.2) is 11.5 Å². The maximum absolute atomic E-state index is 12.4. The molecule has 0 aliphatic carbocycles. The summed E-state index contributed by atoms with van der Waals surface area (Å²) in [7, 11) is 0. The van der Waals surface area contributed by atoms with E-state index in [1.807, 2.05) is 0 Å². The highest BCUT2D eigenvalue weighted by atomic mass is 19.3. The fourth-order valence-electron chi connectivity index (χ4n) is 1.87. The van der Waals surface area contributed by atoms with Gasteiger partial charge in [-0.3, -0.25) is 4.79 Å². The van der Waals surface area contributed by atoms with Crippen LogP contribution in [0.25, 0.3) is 0 Å². The summed E-state index contributed by atoms with van der Waals surface area (Å²) in [6, 6.07) is 2.55. The van der Waals surface area contributed by atoms with E-state index in [1.54, 1.807) is 6.92 Å². The van der Waals surface area contributed by atoms with E-state index in [0.29, 0.717) is 17.1 Å². The Bertz CT molecular complexity index is 523. The number of benzene rings is 1. The second-order valence-corrected chi connectivity index (χ2v) is 4.65. The summed E-state index contributed by atoms with van der Waals surface area (Å²) in [4.78, 5) is 11.6. The predicted molar refractivity (Wildman–Crippen MR) is 69.3 cm³/mol. The van der Waals surface area contributed by atoms with Gasteiger partial charge < -0.3 is 25.3 Å². The van der Waals surface area contributed by atoms with Crippen LogP contribution in [0.15, 0.2) is 12.1 Å². The molecular formula is C13H16F2N2O4. The first-order valence-corrected chi connectivity index (χ1v) is 6.35. The number of halogens is 2. The van der Waals surface area contributed by atoms with Crippen molar-refractivity contribution in [2.75, 3.05) is 6.79 Å². The quantitative estimate of drug-likeness (QED) is 0.829. The predicted octanol–water partition coefficient (Wildman–Crippen LogP) is 1.37. The molecule has 116 valence electrons. The van der Waals surface area contributed by atoms with Gasteiger partial charge in [-0.15, -0.1) is 0 Å². The molecule has 1 amide bonds. The van der Waals surface area contributed by atoms with E-state index >= 15 is 0 Å². The first-order chi connectivity index (χ1) is 9.95. The molecule has 1 aliphatic heterocycles. The normalized spacial score (nSPS) is 14.1. The smallest absolute Gasteiger partial charge is 0.387 e. The Balaban J connectivity index is 2.11. The van der Waals surface area contributed by atoms with Crippen LogP contribution in [-0.4, -0.2) is 25.4 Å². The fourth-order valence-corrected chi connectivity index (χ4v) is 1.87. The number of carbonyl (C=O) groups excluding carboxylic acids is 1. The van der Waals surface area contributed by atoms with E-state index in [4.69, 9.17) is 15.2 Å². The minimum absolute atomic E-state index is 0.0178. The molecule has 0 unspecified atom stereocenters. The van der Waals surface area contributed by atoms with E-state index in [1.165, 1.54) is 12.1 Å². The fraction of sp³-hybridized carbons (Fsp3) is 0.462. The van der Waals surface area contributed by atoms with Crippen molar-refractivity contribution in [1.82, 2.24) is 5.32 Å². The molecule has 8 heteroatoms. The monoisotopic (exact) mass is 302 g/mol. The van der Waals surface area contributed by atoms with Crippen LogP contribution < -0.4 is 25.3 Å². The van der Waals surface area contributed by atoms with Crippen LogP contribution >= 0.6 is 0 Å². The number of amides is 1. The van der Waals surface area contributed by atoms with Gasteiger partial charge in [-0.2, -0.15) is 8.78 Å². The summed E-state index contributed by atoms with van der Waals surface area (Å²) >= 11 is 0. The lowest BCUT2D eigenvalue weighted by atomic mass is 10.1. The third kappa shape index (κ3) is 4.19. The third-order valence-electron chi connectivity index (χ3n) is 2.76. The second kappa shape index (κ2) is 6.57. The SMILES string of the molecule is C[C@@H](N)CC(=O)NCc1cc2c(cc1OC(F)F)OCO2. The number of fused-ring (bicyclic) bond motifs is 1. The van der Waals surface area contributed by atoms with Gasteiger partial charge in [-0.05, 0) is 13.0 Å². The molecule has 0 saturated heterocycles. The van der Waals surface area contributed by atoms with Crippen molar-refractivity contribution < 1.29 is 27.8 Å². The van der Waals surface area contributed by atoms with E-state index in [-0.39, 0.29) is 37.5 Å². The van der Waals surface area contributed by atoms with Gasteiger partial charge in [0.2, 0.25) is 12.7 Å². The van der Waals surface area contributed by atoms with Crippen LogP contribution in [0.4, 0.5) is 8.78 Å². The number of ether oxygens (including phenoxy) is 3. The van der Waals surface area contributed by atoms with Crippen LogP contribution in [-0.2, 0) is 11.3 Å². The molecule has 1 atom stereocenters. The molecule has 6 nitrogen and oxygen atoms in total. The maximum Gasteiger partial charge on any atom is 0.387 e.